The second-order valence-corrected chi connectivity index (χ2v) is 6.33. The Labute approximate surface area is 156 Å². The number of hydrogen-bond donors (Lipinski definition) is 2. The van der Waals surface area contributed by atoms with E-state index in [4.69, 9.17) is 17.0 Å². The Morgan fingerprint density at radius 1 is 1.15 bits per heavy atom. The number of rotatable bonds is 5. The van der Waals surface area contributed by atoms with Crippen LogP contribution in [0, 0.1) is 29.1 Å². The number of aromatic nitrogens is 2. The smallest absolute Gasteiger partial charge is 0.200 e. The average molecular weight is 406 g/mol. The first-order chi connectivity index (χ1) is 12.9. The molecule has 1 aromatic carbocycles. The van der Waals surface area contributed by atoms with Gasteiger partial charge in [-0.2, -0.15) is 5.10 Å². The standard InChI is InChI=1S/C16H15F5N4OS/c17-11-9(12(18)14(20)15(21)13(11)19)7-25-4-3-10(24-25)23-16(27)22-6-8-2-1-5-26-8/h3-4,8H,1-2,5-7H2,(H2,22,23,24,27)/t8-/m0/s1. The highest BCUT2D eigenvalue weighted by molar-refractivity contribution is 7.80. The summed E-state index contributed by atoms with van der Waals surface area (Å²) in [6.45, 7) is 0.606. The quantitative estimate of drug-likeness (QED) is 0.346. The Morgan fingerprint density at radius 3 is 2.44 bits per heavy atom. The summed E-state index contributed by atoms with van der Waals surface area (Å²) in [5.41, 5.74) is -0.972. The Hall–Kier alpha value is -2.27. The van der Waals surface area contributed by atoms with E-state index >= 15 is 0 Å². The third-order valence-electron chi connectivity index (χ3n) is 4.02. The molecule has 3 rings (SSSR count). The maximum absolute atomic E-state index is 13.7. The van der Waals surface area contributed by atoms with Crippen molar-refractivity contribution in [1.82, 2.24) is 15.1 Å². The molecule has 2 heterocycles. The highest BCUT2D eigenvalue weighted by Gasteiger charge is 2.26. The summed E-state index contributed by atoms with van der Waals surface area (Å²) in [4.78, 5) is 0. The molecule has 0 radical (unpaired) electrons. The fraction of sp³-hybridized carbons (Fsp3) is 0.375. The third-order valence-corrected chi connectivity index (χ3v) is 4.26. The molecule has 1 atom stereocenters. The van der Waals surface area contributed by atoms with Crippen molar-refractivity contribution in [2.75, 3.05) is 18.5 Å². The van der Waals surface area contributed by atoms with Gasteiger partial charge in [-0.15, -0.1) is 0 Å². The maximum atomic E-state index is 13.7. The van der Waals surface area contributed by atoms with Crippen LogP contribution >= 0.6 is 12.2 Å². The van der Waals surface area contributed by atoms with E-state index in [1.54, 1.807) is 0 Å². The van der Waals surface area contributed by atoms with Crippen molar-refractivity contribution in [3.8, 4) is 0 Å². The van der Waals surface area contributed by atoms with Gasteiger partial charge in [0, 0.05) is 25.4 Å². The van der Waals surface area contributed by atoms with E-state index < -0.39 is 41.2 Å². The molecule has 11 heteroatoms. The molecule has 27 heavy (non-hydrogen) atoms. The van der Waals surface area contributed by atoms with Crippen LogP contribution < -0.4 is 10.6 Å². The van der Waals surface area contributed by atoms with Gasteiger partial charge in [0.2, 0.25) is 5.82 Å². The molecule has 5 nitrogen and oxygen atoms in total. The number of ether oxygens (including phenoxy) is 1. The summed E-state index contributed by atoms with van der Waals surface area (Å²) >= 11 is 5.11. The van der Waals surface area contributed by atoms with Crippen molar-refractivity contribution in [3.05, 3.63) is 46.9 Å². The van der Waals surface area contributed by atoms with Gasteiger partial charge < -0.3 is 15.4 Å². The molecule has 2 aromatic rings. The van der Waals surface area contributed by atoms with Crippen molar-refractivity contribution in [3.63, 3.8) is 0 Å². The van der Waals surface area contributed by atoms with Crippen LogP contribution in [0.2, 0.25) is 0 Å². The zero-order valence-electron chi connectivity index (χ0n) is 13.9. The summed E-state index contributed by atoms with van der Waals surface area (Å²) in [5.74, 6) is -9.69. The normalized spacial score (nSPS) is 16.6. The molecule has 0 spiro atoms. The highest BCUT2D eigenvalue weighted by atomic mass is 32.1. The number of hydrogen-bond acceptors (Lipinski definition) is 3. The zero-order valence-corrected chi connectivity index (χ0v) is 14.7. The Bertz CT molecular complexity index is 825. The van der Waals surface area contributed by atoms with Crippen LogP contribution in [0.3, 0.4) is 0 Å². The summed E-state index contributed by atoms with van der Waals surface area (Å²) in [7, 11) is 0. The Kier molecular flexibility index (Phi) is 5.90. The van der Waals surface area contributed by atoms with Gasteiger partial charge >= 0.3 is 0 Å². The van der Waals surface area contributed by atoms with Crippen LogP contribution in [0.1, 0.15) is 18.4 Å². The van der Waals surface area contributed by atoms with Gasteiger partial charge in [-0.3, -0.25) is 4.68 Å². The molecule has 0 unspecified atom stereocenters. The molecule has 146 valence electrons. The van der Waals surface area contributed by atoms with Gasteiger partial charge in [-0.25, -0.2) is 22.0 Å². The number of anilines is 1. The number of thiocarbonyl (C=S) groups is 1. The van der Waals surface area contributed by atoms with E-state index in [2.05, 4.69) is 15.7 Å². The topological polar surface area (TPSA) is 51.1 Å². The van der Waals surface area contributed by atoms with Gasteiger partial charge in [-0.1, -0.05) is 0 Å². The van der Waals surface area contributed by atoms with Gasteiger partial charge in [0.05, 0.1) is 18.2 Å². The lowest BCUT2D eigenvalue weighted by Crippen LogP contribution is -2.34. The molecular weight excluding hydrogens is 391 g/mol. The van der Waals surface area contributed by atoms with E-state index in [9.17, 15) is 22.0 Å². The van der Waals surface area contributed by atoms with E-state index in [1.165, 1.54) is 12.3 Å². The van der Waals surface area contributed by atoms with Crippen LogP contribution in [0.25, 0.3) is 0 Å². The van der Waals surface area contributed by atoms with Gasteiger partial charge in [0.25, 0.3) is 0 Å². The van der Waals surface area contributed by atoms with Crippen molar-refractivity contribution >= 4 is 23.1 Å². The van der Waals surface area contributed by atoms with Crippen molar-refractivity contribution in [2.24, 2.45) is 0 Å². The van der Waals surface area contributed by atoms with E-state index in [0.29, 0.717) is 13.2 Å². The molecule has 1 fully saturated rings. The minimum Gasteiger partial charge on any atom is -0.376 e. The van der Waals surface area contributed by atoms with Crippen LogP contribution in [-0.4, -0.2) is 34.1 Å². The predicted molar refractivity (Wildman–Crippen MR) is 90.8 cm³/mol. The van der Waals surface area contributed by atoms with Gasteiger partial charge in [-0.05, 0) is 25.1 Å². The Balaban J connectivity index is 1.64. The lowest BCUT2D eigenvalue weighted by Gasteiger charge is -2.12. The van der Waals surface area contributed by atoms with E-state index in [0.717, 1.165) is 17.5 Å². The predicted octanol–water partition coefficient (Wildman–Crippen LogP) is 3.09. The molecule has 2 N–H and O–H groups in total. The minimum absolute atomic E-state index is 0.0801. The monoisotopic (exact) mass is 406 g/mol. The molecule has 0 saturated carbocycles. The minimum atomic E-state index is -2.20. The Morgan fingerprint density at radius 2 is 1.81 bits per heavy atom. The fourth-order valence-corrected chi connectivity index (χ4v) is 2.83. The van der Waals surface area contributed by atoms with Crippen LogP contribution in [-0.2, 0) is 11.3 Å². The van der Waals surface area contributed by atoms with Gasteiger partial charge in [0.1, 0.15) is 0 Å². The van der Waals surface area contributed by atoms with Crippen LogP contribution in [0.5, 0.6) is 0 Å². The molecule has 0 amide bonds. The summed E-state index contributed by atoms with van der Waals surface area (Å²) in [5, 5.41) is 9.96. The molecule has 0 aliphatic carbocycles. The summed E-state index contributed by atoms with van der Waals surface area (Å²) < 4.78 is 73.5. The number of nitrogens with zero attached hydrogens (tertiary/aromatic N) is 2. The molecule has 1 aliphatic heterocycles. The average Bonchev–Trinajstić information content (AvgIpc) is 3.32. The van der Waals surface area contributed by atoms with E-state index in [1.807, 2.05) is 0 Å². The second kappa shape index (κ2) is 8.17. The van der Waals surface area contributed by atoms with Crippen molar-refractivity contribution < 1.29 is 26.7 Å². The summed E-state index contributed by atoms with van der Waals surface area (Å²) in [6, 6.07) is 1.45. The molecule has 1 aliphatic rings. The van der Waals surface area contributed by atoms with E-state index in [-0.39, 0.29) is 17.0 Å². The van der Waals surface area contributed by atoms with Crippen molar-refractivity contribution in [2.45, 2.75) is 25.5 Å². The number of nitrogens with one attached hydrogen (secondary N) is 2. The fourth-order valence-electron chi connectivity index (χ4n) is 2.64. The lowest BCUT2D eigenvalue weighted by atomic mass is 10.1. The molecule has 1 aromatic heterocycles. The third kappa shape index (κ3) is 4.35. The zero-order chi connectivity index (χ0) is 19.6. The first-order valence-electron chi connectivity index (χ1n) is 8.07. The highest BCUT2D eigenvalue weighted by Crippen LogP contribution is 2.23. The van der Waals surface area contributed by atoms with Crippen molar-refractivity contribution in [1.29, 1.82) is 0 Å². The van der Waals surface area contributed by atoms with Crippen LogP contribution in [0.4, 0.5) is 27.8 Å². The molecular formula is C16H15F5N4OS. The first-order valence-corrected chi connectivity index (χ1v) is 8.48. The maximum Gasteiger partial charge on any atom is 0.200 e. The molecule has 1 saturated heterocycles. The van der Waals surface area contributed by atoms with Crippen LogP contribution in [0.15, 0.2) is 12.3 Å². The summed E-state index contributed by atoms with van der Waals surface area (Å²) in [6.07, 6.45) is 3.33. The molecule has 0 bridgehead atoms. The number of halogens is 5. The number of benzene rings is 1. The SMILES string of the molecule is Fc1c(F)c(F)c(Cn2ccc(NC(=S)NC[C@@H]3CCCO3)n2)c(F)c1F. The second-order valence-electron chi connectivity index (χ2n) is 5.92. The van der Waals surface area contributed by atoms with Gasteiger partial charge in [0.15, 0.2) is 34.2 Å². The lowest BCUT2D eigenvalue weighted by molar-refractivity contribution is 0.114. The largest absolute Gasteiger partial charge is 0.376 e. The first kappa shape index (κ1) is 19.5.